The van der Waals surface area contributed by atoms with Crippen LogP contribution in [0.5, 0.6) is 5.75 Å². The first-order valence-corrected chi connectivity index (χ1v) is 9.61. The molecule has 0 aliphatic carbocycles. The number of halogens is 2. The number of ether oxygens (including phenoxy) is 1. The molecule has 7 nitrogen and oxygen atoms in total. The molecule has 160 valence electrons. The van der Waals surface area contributed by atoms with Gasteiger partial charge in [-0.2, -0.15) is 8.78 Å². The average Bonchev–Trinajstić information content (AvgIpc) is 2.75. The third-order valence-corrected chi connectivity index (χ3v) is 4.84. The van der Waals surface area contributed by atoms with Gasteiger partial charge in [0.25, 0.3) is 0 Å². The van der Waals surface area contributed by atoms with E-state index in [0.717, 1.165) is 5.69 Å². The Morgan fingerprint density at radius 2 is 1.73 bits per heavy atom. The number of piperazine rings is 1. The zero-order chi connectivity index (χ0) is 21.5. The number of rotatable bonds is 6. The summed E-state index contributed by atoms with van der Waals surface area (Å²) in [6, 6.07) is 13.8. The van der Waals surface area contributed by atoms with Crippen LogP contribution >= 0.6 is 0 Å². The van der Waals surface area contributed by atoms with Gasteiger partial charge < -0.3 is 25.2 Å². The van der Waals surface area contributed by atoms with Gasteiger partial charge in [-0.3, -0.25) is 4.79 Å². The number of hydrogen-bond donors (Lipinski definition) is 2. The van der Waals surface area contributed by atoms with Crippen molar-refractivity contribution < 1.29 is 23.1 Å². The van der Waals surface area contributed by atoms with Crippen LogP contribution < -0.4 is 20.3 Å². The second-order valence-electron chi connectivity index (χ2n) is 6.84. The fraction of sp³-hybridized carbons (Fsp3) is 0.333. The van der Waals surface area contributed by atoms with Gasteiger partial charge in [0.2, 0.25) is 5.91 Å². The molecule has 3 rings (SSSR count). The topological polar surface area (TPSA) is 73.9 Å². The number of amides is 3. The van der Waals surface area contributed by atoms with Crippen molar-refractivity contribution in [2.24, 2.45) is 0 Å². The molecule has 0 unspecified atom stereocenters. The Balaban J connectivity index is 1.48. The number of alkyl halides is 2. The Bertz CT molecular complexity index is 872. The van der Waals surface area contributed by atoms with Crippen LogP contribution in [-0.4, -0.2) is 56.2 Å². The number of aryl methyl sites for hydroxylation is 1. The molecule has 0 spiro atoms. The third kappa shape index (κ3) is 5.59. The van der Waals surface area contributed by atoms with Gasteiger partial charge >= 0.3 is 12.6 Å². The molecule has 1 aliphatic rings. The van der Waals surface area contributed by atoms with E-state index in [2.05, 4.69) is 20.3 Å². The molecule has 0 radical (unpaired) electrons. The summed E-state index contributed by atoms with van der Waals surface area (Å²) < 4.78 is 29.6. The van der Waals surface area contributed by atoms with Gasteiger partial charge in [-0.15, -0.1) is 0 Å². The van der Waals surface area contributed by atoms with Crippen molar-refractivity contribution in [1.29, 1.82) is 0 Å². The lowest BCUT2D eigenvalue weighted by Gasteiger charge is -2.36. The molecule has 2 N–H and O–H groups in total. The van der Waals surface area contributed by atoms with Crippen LogP contribution in [0.2, 0.25) is 0 Å². The first-order valence-electron chi connectivity index (χ1n) is 9.61. The van der Waals surface area contributed by atoms with Crippen LogP contribution in [0.4, 0.5) is 25.0 Å². The smallest absolute Gasteiger partial charge is 0.387 e. The Labute approximate surface area is 173 Å². The summed E-state index contributed by atoms with van der Waals surface area (Å²) in [5.41, 5.74) is 1.81. The molecule has 1 heterocycles. The van der Waals surface area contributed by atoms with E-state index in [1.54, 1.807) is 24.0 Å². The molecule has 3 amide bonds. The molecule has 2 aromatic carbocycles. The van der Waals surface area contributed by atoms with Crippen LogP contribution in [-0.2, 0) is 4.79 Å². The van der Waals surface area contributed by atoms with E-state index < -0.39 is 12.6 Å². The second kappa shape index (κ2) is 9.91. The summed E-state index contributed by atoms with van der Waals surface area (Å²) in [6.07, 6.45) is 0. The predicted octanol–water partition coefficient (Wildman–Crippen LogP) is 3.07. The van der Waals surface area contributed by atoms with Crippen molar-refractivity contribution in [3.8, 4) is 5.75 Å². The minimum Gasteiger partial charge on any atom is -0.433 e. The highest BCUT2D eigenvalue weighted by Crippen LogP contribution is 2.29. The Kier molecular flexibility index (Phi) is 7.05. The molecule has 0 atom stereocenters. The van der Waals surface area contributed by atoms with Gasteiger partial charge in [-0.05, 0) is 30.7 Å². The normalized spacial score (nSPS) is 13.9. The van der Waals surface area contributed by atoms with Gasteiger partial charge in [-0.1, -0.05) is 30.3 Å². The summed E-state index contributed by atoms with van der Waals surface area (Å²) in [5, 5.41) is 4.96. The standard InChI is InChI=1S/C21H24F2N4O3/c1-15-6-5-9-17(30-20(22)23)19(15)25-21(29)24-14-18(28)27-12-10-26(11-13-27)16-7-3-2-4-8-16/h2-9,20H,10-14H2,1H3,(H2,24,25,29). The Morgan fingerprint density at radius 3 is 2.40 bits per heavy atom. The van der Waals surface area contributed by atoms with Crippen molar-refractivity contribution in [3.63, 3.8) is 0 Å². The van der Waals surface area contributed by atoms with Crippen molar-refractivity contribution >= 4 is 23.3 Å². The van der Waals surface area contributed by atoms with E-state index in [0.29, 0.717) is 31.7 Å². The largest absolute Gasteiger partial charge is 0.433 e. The van der Waals surface area contributed by atoms with Crippen molar-refractivity contribution in [2.45, 2.75) is 13.5 Å². The van der Waals surface area contributed by atoms with Crippen molar-refractivity contribution in [1.82, 2.24) is 10.2 Å². The molecule has 30 heavy (non-hydrogen) atoms. The number of nitrogens with one attached hydrogen (secondary N) is 2. The summed E-state index contributed by atoms with van der Waals surface area (Å²) in [4.78, 5) is 28.5. The molecule has 0 bridgehead atoms. The fourth-order valence-electron chi connectivity index (χ4n) is 3.27. The number of anilines is 2. The van der Waals surface area contributed by atoms with Gasteiger partial charge in [0.1, 0.15) is 5.75 Å². The molecule has 2 aromatic rings. The number of carbonyl (C=O) groups is 2. The number of hydrogen-bond acceptors (Lipinski definition) is 4. The molecule has 0 aromatic heterocycles. The van der Waals surface area contributed by atoms with Crippen LogP contribution in [0.3, 0.4) is 0 Å². The summed E-state index contributed by atoms with van der Waals surface area (Å²) in [6.45, 7) is 0.993. The minimum absolute atomic E-state index is 0.136. The molecule has 0 saturated carbocycles. The lowest BCUT2D eigenvalue weighted by molar-refractivity contribution is -0.130. The number of para-hydroxylation sites is 2. The van der Waals surface area contributed by atoms with Crippen molar-refractivity contribution in [3.05, 3.63) is 54.1 Å². The van der Waals surface area contributed by atoms with Crippen molar-refractivity contribution in [2.75, 3.05) is 42.9 Å². The molecular formula is C21H24F2N4O3. The molecular weight excluding hydrogens is 394 g/mol. The summed E-state index contributed by atoms with van der Waals surface area (Å²) in [7, 11) is 0. The number of carbonyl (C=O) groups excluding carboxylic acids is 2. The quantitative estimate of drug-likeness (QED) is 0.756. The van der Waals surface area contributed by atoms with Gasteiger partial charge in [-0.25, -0.2) is 4.79 Å². The van der Waals surface area contributed by atoms with Gasteiger partial charge in [0.15, 0.2) is 0 Å². The van der Waals surface area contributed by atoms with Crippen LogP contribution in [0.15, 0.2) is 48.5 Å². The van der Waals surface area contributed by atoms with E-state index in [9.17, 15) is 18.4 Å². The summed E-state index contributed by atoms with van der Waals surface area (Å²) in [5.74, 6) is -0.338. The van der Waals surface area contributed by atoms with E-state index in [1.807, 2.05) is 30.3 Å². The first-order chi connectivity index (χ1) is 14.4. The second-order valence-corrected chi connectivity index (χ2v) is 6.84. The monoisotopic (exact) mass is 418 g/mol. The molecule has 1 aliphatic heterocycles. The van der Waals surface area contributed by atoms with E-state index in [1.165, 1.54) is 6.07 Å². The highest BCUT2D eigenvalue weighted by molar-refractivity contribution is 5.94. The maximum atomic E-state index is 12.6. The van der Waals surface area contributed by atoms with E-state index >= 15 is 0 Å². The predicted molar refractivity (Wildman–Crippen MR) is 110 cm³/mol. The van der Waals surface area contributed by atoms with E-state index in [4.69, 9.17) is 0 Å². The Morgan fingerprint density at radius 1 is 1.03 bits per heavy atom. The average molecular weight is 418 g/mol. The van der Waals surface area contributed by atoms with E-state index in [-0.39, 0.29) is 23.9 Å². The zero-order valence-electron chi connectivity index (χ0n) is 16.6. The highest BCUT2D eigenvalue weighted by Gasteiger charge is 2.22. The lowest BCUT2D eigenvalue weighted by Crippen LogP contribution is -2.51. The maximum Gasteiger partial charge on any atom is 0.387 e. The first kappa shape index (κ1) is 21.4. The molecule has 1 fully saturated rings. The highest BCUT2D eigenvalue weighted by atomic mass is 19.3. The fourth-order valence-corrected chi connectivity index (χ4v) is 3.27. The van der Waals surface area contributed by atoms with Crippen LogP contribution in [0.1, 0.15) is 5.56 Å². The number of urea groups is 1. The molecule has 1 saturated heterocycles. The van der Waals surface area contributed by atoms with Crippen LogP contribution in [0.25, 0.3) is 0 Å². The maximum absolute atomic E-state index is 12.6. The van der Waals surface area contributed by atoms with Gasteiger partial charge in [0.05, 0.1) is 12.2 Å². The third-order valence-electron chi connectivity index (χ3n) is 4.84. The number of benzene rings is 2. The summed E-state index contributed by atoms with van der Waals surface area (Å²) >= 11 is 0. The lowest BCUT2D eigenvalue weighted by atomic mass is 10.2. The van der Waals surface area contributed by atoms with Crippen LogP contribution in [0, 0.1) is 6.92 Å². The van der Waals surface area contributed by atoms with Gasteiger partial charge in [0, 0.05) is 31.9 Å². The zero-order valence-corrected chi connectivity index (χ0v) is 16.6. The Hall–Kier alpha value is -3.36. The molecule has 9 heteroatoms. The minimum atomic E-state index is -3.01. The SMILES string of the molecule is Cc1cccc(OC(F)F)c1NC(=O)NCC(=O)N1CCN(c2ccccc2)CC1. The number of nitrogens with zero attached hydrogens (tertiary/aromatic N) is 2.